The summed E-state index contributed by atoms with van der Waals surface area (Å²) in [5.41, 5.74) is 21.4. The molecule has 0 saturated heterocycles. The lowest BCUT2D eigenvalue weighted by molar-refractivity contribution is 0.793. The third-order valence-corrected chi connectivity index (χ3v) is 14.0. The van der Waals surface area contributed by atoms with Gasteiger partial charge in [-0.15, -0.1) is 0 Å². The van der Waals surface area contributed by atoms with E-state index in [0.29, 0.717) is 0 Å². The van der Waals surface area contributed by atoms with E-state index in [1.54, 1.807) is 0 Å². The number of hydrogen-bond acceptors (Lipinski definition) is 2. The normalized spacial score (nSPS) is 12.6. The largest absolute Gasteiger partial charge is 0.310 e. The minimum atomic E-state index is -0.450. The molecule has 2 nitrogen and oxygen atoms in total. The van der Waals surface area contributed by atoms with E-state index in [4.69, 9.17) is 0 Å². The first kappa shape index (κ1) is 38.7. The molecule has 13 rings (SSSR count). The second-order valence-corrected chi connectivity index (χ2v) is 17.6. The average molecular weight is 853 g/mol. The Morgan fingerprint density at radius 3 is 1.18 bits per heavy atom. The van der Waals surface area contributed by atoms with Crippen LogP contribution in [0.25, 0.3) is 55.3 Å². The summed E-state index contributed by atoms with van der Waals surface area (Å²) in [6.07, 6.45) is 0. The van der Waals surface area contributed by atoms with E-state index in [-0.39, 0.29) is 0 Å². The predicted octanol–water partition coefficient (Wildman–Crippen LogP) is 17.5. The van der Waals surface area contributed by atoms with Crippen molar-refractivity contribution in [2.75, 3.05) is 9.80 Å². The lowest BCUT2D eigenvalue weighted by Gasteiger charge is -2.32. The highest BCUT2D eigenvalue weighted by Gasteiger charge is 2.51. The van der Waals surface area contributed by atoms with Gasteiger partial charge in [0.15, 0.2) is 0 Å². The molecular weight excluding hydrogens is 809 g/mol. The second kappa shape index (κ2) is 15.8. The van der Waals surface area contributed by atoms with Gasteiger partial charge in [-0.25, -0.2) is 0 Å². The van der Waals surface area contributed by atoms with Crippen LogP contribution in [0.3, 0.4) is 0 Å². The van der Waals surface area contributed by atoms with Crippen LogP contribution >= 0.6 is 0 Å². The fraction of sp³-hybridized carbons (Fsp3) is 0.0154. The molecule has 0 N–H and O–H groups in total. The van der Waals surface area contributed by atoms with Gasteiger partial charge in [-0.3, -0.25) is 0 Å². The molecule has 1 spiro atoms. The molecule has 2 aliphatic rings. The summed E-state index contributed by atoms with van der Waals surface area (Å²) in [7, 11) is 0. The molecule has 0 radical (unpaired) electrons. The lowest BCUT2D eigenvalue weighted by atomic mass is 9.70. The van der Waals surface area contributed by atoms with Gasteiger partial charge in [0.1, 0.15) is 0 Å². The third-order valence-electron chi connectivity index (χ3n) is 14.0. The van der Waals surface area contributed by atoms with Gasteiger partial charge in [-0.05, 0) is 145 Å². The van der Waals surface area contributed by atoms with Crippen molar-refractivity contribution in [2.45, 2.75) is 5.41 Å². The average Bonchev–Trinajstić information content (AvgIpc) is 3.87. The quantitative estimate of drug-likeness (QED) is 0.150. The molecule has 67 heavy (non-hydrogen) atoms. The molecule has 0 heterocycles. The minimum absolute atomic E-state index is 0.450. The van der Waals surface area contributed by atoms with Gasteiger partial charge in [0.05, 0.1) is 11.1 Å². The maximum atomic E-state index is 2.48. The fourth-order valence-corrected chi connectivity index (χ4v) is 11.1. The molecule has 11 aromatic rings. The second-order valence-electron chi connectivity index (χ2n) is 17.6. The Labute approximate surface area is 391 Å². The van der Waals surface area contributed by atoms with Crippen molar-refractivity contribution in [3.05, 3.63) is 289 Å². The van der Waals surface area contributed by atoms with Gasteiger partial charge in [0, 0.05) is 34.0 Å². The SMILES string of the molecule is c1ccc(-c2ccc(N(c3ccc(N(c4ccccc4)c4cc5ccccc5cc4-c4ccccc4)cc3)c3ccc4c(c3)C3(c5ccccc5-c5ccccc53)c3ccccc3-4)cc2)cc1. The van der Waals surface area contributed by atoms with E-state index >= 15 is 0 Å². The molecule has 314 valence electrons. The zero-order chi connectivity index (χ0) is 44.3. The number of para-hydroxylation sites is 1. The van der Waals surface area contributed by atoms with Crippen molar-refractivity contribution in [2.24, 2.45) is 0 Å². The Morgan fingerprint density at radius 1 is 0.224 bits per heavy atom. The highest BCUT2D eigenvalue weighted by molar-refractivity contribution is 5.99. The summed E-state index contributed by atoms with van der Waals surface area (Å²) in [4.78, 5) is 4.84. The Hall–Kier alpha value is -8.72. The summed E-state index contributed by atoms with van der Waals surface area (Å²) in [5.74, 6) is 0. The molecule has 0 fully saturated rings. The van der Waals surface area contributed by atoms with Gasteiger partial charge in [-0.2, -0.15) is 0 Å². The molecule has 0 aliphatic heterocycles. The summed E-state index contributed by atoms with van der Waals surface area (Å²) >= 11 is 0. The first-order valence-corrected chi connectivity index (χ1v) is 23.2. The van der Waals surface area contributed by atoms with Crippen LogP contribution in [0.1, 0.15) is 22.3 Å². The van der Waals surface area contributed by atoms with E-state index in [1.165, 1.54) is 77.5 Å². The molecule has 0 amide bonds. The monoisotopic (exact) mass is 852 g/mol. The Morgan fingerprint density at radius 2 is 0.612 bits per heavy atom. The first-order chi connectivity index (χ1) is 33.2. The van der Waals surface area contributed by atoms with Gasteiger partial charge in [-0.1, -0.05) is 194 Å². The molecule has 0 saturated carbocycles. The Balaban J connectivity index is 0.998. The maximum absolute atomic E-state index is 2.48. The van der Waals surface area contributed by atoms with Crippen LogP contribution in [-0.2, 0) is 5.41 Å². The maximum Gasteiger partial charge on any atom is 0.0726 e. The van der Waals surface area contributed by atoms with E-state index in [2.05, 4.69) is 277 Å². The van der Waals surface area contributed by atoms with Crippen molar-refractivity contribution in [3.63, 3.8) is 0 Å². The van der Waals surface area contributed by atoms with Crippen molar-refractivity contribution in [3.8, 4) is 44.5 Å². The molecule has 2 heteroatoms. The number of rotatable bonds is 8. The van der Waals surface area contributed by atoms with E-state index in [9.17, 15) is 0 Å². The topological polar surface area (TPSA) is 6.48 Å². The minimum Gasteiger partial charge on any atom is -0.310 e. The van der Waals surface area contributed by atoms with Gasteiger partial charge in [0.2, 0.25) is 0 Å². The molecule has 0 unspecified atom stereocenters. The third kappa shape index (κ3) is 6.18. The van der Waals surface area contributed by atoms with Crippen LogP contribution in [-0.4, -0.2) is 0 Å². The van der Waals surface area contributed by atoms with Gasteiger partial charge >= 0.3 is 0 Å². The molecular formula is C65H44N2. The summed E-state index contributed by atoms with van der Waals surface area (Å²) in [6, 6.07) is 98.0. The molecule has 0 atom stereocenters. The number of benzene rings is 11. The Kier molecular flexibility index (Phi) is 9.11. The molecule has 2 aliphatic carbocycles. The fourth-order valence-electron chi connectivity index (χ4n) is 11.1. The predicted molar refractivity (Wildman–Crippen MR) is 280 cm³/mol. The number of fused-ring (bicyclic) bond motifs is 11. The number of nitrogens with zero attached hydrogens (tertiary/aromatic N) is 2. The zero-order valence-electron chi connectivity index (χ0n) is 36.8. The van der Waals surface area contributed by atoms with Crippen LogP contribution in [0.15, 0.2) is 267 Å². The van der Waals surface area contributed by atoms with Crippen LogP contribution in [0.5, 0.6) is 0 Å². The number of hydrogen-bond donors (Lipinski definition) is 0. The highest BCUT2D eigenvalue weighted by atomic mass is 15.2. The van der Waals surface area contributed by atoms with Crippen molar-refractivity contribution < 1.29 is 0 Å². The Bertz CT molecular complexity index is 3550. The van der Waals surface area contributed by atoms with Crippen molar-refractivity contribution in [1.82, 2.24) is 0 Å². The van der Waals surface area contributed by atoms with Crippen molar-refractivity contribution in [1.29, 1.82) is 0 Å². The first-order valence-electron chi connectivity index (χ1n) is 23.2. The van der Waals surface area contributed by atoms with Gasteiger partial charge in [0.25, 0.3) is 0 Å². The highest BCUT2D eigenvalue weighted by Crippen LogP contribution is 2.63. The van der Waals surface area contributed by atoms with Crippen LogP contribution < -0.4 is 9.80 Å². The summed E-state index contributed by atoms with van der Waals surface area (Å²) in [6.45, 7) is 0. The molecule has 11 aromatic carbocycles. The van der Waals surface area contributed by atoms with Crippen LogP contribution in [0.2, 0.25) is 0 Å². The van der Waals surface area contributed by atoms with Crippen LogP contribution in [0.4, 0.5) is 34.1 Å². The summed E-state index contributed by atoms with van der Waals surface area (Å²) < 4.78 is 0. The van der Waals surface area contributed by atoms with Crippen molar-refractivity contribution >= 4 is 44.9 Å². The molecule has 0 aromatic heterocycles. The summed E-state index contributed by atoms with van der Waals surface area (Å²) in [5, 5.41) is 2.41. The van der Waals surface area contributed by atoms with Gasteiger partial charge < -0.3 is 9.80 Å². The van der Waals surface area contributed by atoms with E-state index < -0.39 is 5.41 Å². The smallest absolute Gasteiger partial charge is 0.0726 e. The van der Waals surface area contributed by atoms with E-state index in [1.807, 2.05) is 0 Å². The lowest BCUT2D eigenvalue weighted by Crippen LogP contribution is -2.26. The molecule has 0 bridgehead atoms. The zero-order valence-corrected chi connectivity index (χ0v) is 36.8. The number of anilines is 6. The van der Waals surface area contributed by atoms with Crippen LogP contribution in [0, 0.1) is 0 Å². The van der Waals surface area contributed by atoms with E-state index in [0.717, 1.165) is 34.1 Å². The standard InChI is InChI=1S/C65H44N2/c1-4-18-45(19-5-1)46-32-34-51(35-33-46)66(54-40-41-58-57-28-14-17-31-62(57)65(63(58)44-54)60-29-15-12-26-55(60)56-27-13-16-30-61(56)65)52-36-38-53(39-37-52)67(50-24-8-3-9-25-50)64-43-49-23-11-10-22-48(49)42-59(64)47-20-6-2-7-21-47/h1-44H.